The fraction of sp³-hybridized carbons (Fsp3) is 0.222. The summed E-state index contributed by atoms with van der Waals surface area (Å²) in [5, 5.41) is 18.2. The summed E-state index contributed by atoms with van der Waals surface area (Å²) in [5.41, 5.74) is 0.115. The van der Waals surface area contributed by atoms with E-state index in [2.05, 4.69) is 0 Å². The Balaban J connectivity index is 3.73. The van der Waals surface area contributed by atoms with Crippen molar-refractivity contribution >= 4 is 19.7 Å². The van der Waals surface area contributed by atoms with Crippen molar-refractivity contribution in [2.45, 2.75) is 18.2 Å². The van der Waals surface area contributed by atoms with E-state index in [1.54, 1.807) is 13.0 Å². The van der Waals surface area contributed by atoms with Crippen LogP contribution in [0.1, 0.15) is 18.1 Å². The molecule has 6 heteroatoms. The van der Waals surface area contributed by atoms with Gasteiger partial charge in [-0.1, -0.05) is 6.92 Å². The molecule has 15 heavy (non-hydrogen) atoms. The number of halogens is 1. The SMILES string of the molecule is CCc1c(O)ccc(C#N)c1S(=O)(=O)Cl. The molecule has 0 aliphatic carbocycles. The van der Waals surface area contributed by atoms with Gasteiger partial charge in [-0.3, -0.25) is 0 Å². The number of phenols is 1. The Labute approximate surface area is 92.1 Å². The van der Waals surface area contributed by atoms with Crippen molar-refractivity contribution in [1.82, 2.24) is 0 Å². The highest BCUT2D eigenvalue weighted by atomic mass is 35.7. The molecular weight excluding hydrogens is 238 g/mol. The Morgan fingerprint density at radius 1 is 1.53 bits per heavy atom. The highest BCUT2D eigenvalue weighted by molar-refractivity contribution is 8.13. The fourth-order valence-corrected chi connectivity index (χ4v) is 2.77. The van der Waals surface area contributed by atoms with Gasteiger partial charge in [-0.2, -0.15) is 5.26 Å². The Kier molecular flexibility index (Phi) is 3.22. The molecule has 4 nitrogen and oxygen atoms in total. The molecule has 0 spiro atoms. The topological polar surface area (TPSA) is 78.2 Å². The van der Waals surface area contributed by atoms with Crippen LogP contribution in [0.25, 0.3) is 0 Å². The molecule has 0 fully saturated rings. The standard InChI is InChI=1S/C9H8ClNO3S/c1-2-7-8(12)4-3-6(5-11)9(7)15(10,13)14/h3-4,12H,2H2,1H3. The third-order valence-corrected chi connectivity index (χ3v) is 3.37. The summed E-state index contributed by atoms with van der Waals surface area (Å²) in [6.45, 7) is 1.67. The summed E-state index contributed by atoms with van der Waals surface area (Å²) in [5.74, 6) is -0.171. The maximum absolute atomic E-state index is 11.2. The first-order valence-corrected chi connectivity index (χ1v) is 6.42. The number of nitriles is 1. The van der Waals surface area contributed by atoms with Crippen LogP contribution in [-0.2, 0) is 15.5 Å². The molecule has 1 aromatic rings. The van der Waals surface area contributed by atoms with Crippen molar-refractivity contribution in [2.75, 3.05) is 0 Å². The predicted molar refractivity (Wildman–Crippen MR) is 55.2 cm³/mol. The lowest BCUT2D eigenvalue weighted by molar-refractivity contribution is 0.465. The van der Waals surface area contributed by atoms with E-state index in [1.807, 2.05) is 0 Å². The van der Waals surface area contributed by atoms with Crippen LogP contribution >= 0.6 is 10.7 Å². The predicted octanol–water partition coefficient (Wildman–Crippen LogP) is 1.75. The van der Waals surface area contributed by atoms with Gasteiger partial charge in [0.2, 0.25) is 0 Å². The minimum absolute atomic E-state index is 0.0559. The van der Waals surface area contributed by atoms with Crippen LogP contribution in [0, 0.1) is 11.3 Å². The summed E-state index contributed by atoms with van der Waals surface area (Å²) in [6, 6.07) is 4.24. The van der Waals surface area contributed by atoms with Gasteiger partial charge in [0.05, 0.1) is 5.56 Å². The second-order valence-corrected chi connectivity index (χ2v) is 5.35. The summed E-state index contributed by atoms with van der Waals surface area (Å²) < 4.78 is 22.5. The van der Waals surface area contributed by atoms with E-state index in [9.17, 15) is 13.5 Å². The van der Waals surface area contributed by atoms with E-state index in [4.69, 9.17) is 15.9 Å². The van der Waals surface area contributed by atoms with Gasteiger partial charge in [-0.05, 0) is 18.6 Å². The zero-order chi connectivity index (χ0) is 11.6. The van der Waals surface area contributed by atoms with Crippen LogP contribution in [-0.4, -0.2) is 13.5 Å². The zero-order valence-corrected chi connectivity index (χ0v) is 9.43. The Morgan fingerprint density at radius 3 is 2.53 bits per heavy atom. The fourth-order valence-electron chi connectivity index (χ4n) is 1.33. The molecule has 1 N–H and O–H groups in total. The van der Waals surface area contributed by atoms with E-state index < -0.39 is 9.05 Å². The van der Waals surface area contributed by atoms with E-state index in [0.29, 0.717) is 0 Å². The average molecular weight is 246 g/mol. The summed E-state index contributed by atoms with van der Waals surface area (Å²) in [4.78, 5) is -0.297. The molecule has 80 valence electrons. The molecule has 0 aliphatic heterocycles. The van der Waals surface area contributed by atoms with Crippen LogP contribution in [0.4, 0.5) is 0 Å². The van der Waals surface area contributed by atoms with Crippen LogP contribution < -0.4 is 0 Å². The molecule has 0 aliphatic rings. The number of rotatable bonds is 2. The number of nitrogens with zero attached hydrogens (tertiary/aromatic N) is 1. The molecule has 0 heterocycles. The second-order valence-electron chi connectivity index (χ2n) is 2.84. The largest absolute Gasteiger partial charge is 0.508 e. The molecule has 0 atom stereocenters. The first kappa shape index (κ1) is 11.8. The van der Waals surface area contributed by atoms with Gasteiger partial charge in [0.25, 0.3) is 9.05 Å². The monoisotopic (exact) mass is 245 g/mol. The molecule has 0 unspecified atom stereocenters. The van der Waals surface area contributed by atoms with Crippen LogP contribution in [0.3, 0.4) is 0 Å². The lowest BCUT2D eigenvalue weighted by atomic mass is 10.1. The molecule has 0 saturated carbocycles. The third kappa shape index (κ3) is 2.22. The number of phenolic OH excluding ortho intramolecular Hbond substituents is 1. The Hall–Kier alpha value is -1.25. The minimum atomic E-state index is -4.02. The third-order valence-electron chi connectivity index (χ3n) is 1.95. The quantitative estimate of drug-likeness (QED) is 0.806. The molecular formula is C9H8ClNO3S. The summed E-state index contributed by atoms with van der Waals surface area (Å²) in [6.07, 6.45) is 0.280. The van der Waals surface area contributed by atoms with Gasteiger partial charge in [-0.15, -0.1) is 0 Å². The van der Waals surface area contributed by atoms with Gasteiger partial charge in [0.1, 0.15) is 16.7 Å². The molecule has 1 rings (SSSR count). The Morgan fingerprint density at radius 2 is 2.13 bits per heavy atom. The van der Waals surface area contributed by atoms with E-state index in [1.165, 1.54) is 12.1 Å². The van der Waals surface area contributed by atoms with Crippen LogP contribution in [0.2, 0.25) is 0 Å². The van der Waals surface area contributed by atoms with Crippen LogP contribution in [0.15, 0.2) is 17.0 Å². The lowest BCUT2D eigenvalue weighted by Crippen LogP contribution is -2.01. The van der Waals surface area contributed by atoms with Crippen LogP contribution in [0.5, 0.6) is 5.75 Å². The smallest absolute Gasteiger partial charge is 0.263 e. The van der Waals surface area contributed by atoms with Gasteiger partial charge >= 0.3 is 0 Å². The van der Waals surface area contributed by atoms with Gasteiger partial charge in [0, 0.05) is 16.2 Å². The average Bonchev–Trinajstić information content (AvgIpc) is 2.15. The first-order chi connectivity index (χ1) is 6.91. The number of hydrogen-bond donors (Lipinski definition) is 1. The van der Waals surface area contributed by atoms with Gasteiger partial charge < -0.3 is 5.11 Å². The van der Waals surface area contributed by atoms with E-state index in [-0.39, 0.29) is 28.2 Å². The summed E-state index contributed by atoms with van der Waals surface area (Å²) >= 11 is 0. The molecule has 0 amide bonds. The Bertz CT molecular complexity index is 531. The highest BCUT2D eigenvalue weighted by Gasteiger charge is 2.22. The zero-order valence-electron chi connectivity index (χ0n) is 7.86. The van der Waals surface area contributed by atoms with Crippen molar-refractivity contribution in [3.63, 3.8) is 0 Å². The maximum Gasteiger partial charge on any atom is 0.263 e. The lowest BCUT2D eigenvalue weighted by Gasteiger charge is -2.08. The van der Waals surface area contributed by atoms with Gasteiger partial charge in [-0.25, -0.2) is 8.42 Å². The molecule has 0 radical (unpaired) electrons. The van der Waals surface area contributed by atoms with Crippen molar-refractivity contribution in [1.29, 1.82) is 5.26 Å². The number of aromatic hydroxyl groups is 1. The normalized spacial score (nSPS) is 11.0. The summed E-state index contributed by atoms with van der Waals surface area (Å²) in [7, 11) is 1.19. The molecule has 1 aromatic carbocycles. The van der Waals surface area contributed by atoms with Crippen molar-refractivity contribution in [2.24, 2.45) is 0 Å². The van der Waals surface area contributed by atoms with Crippen molar-refractivity contribution in [3.8, 4) is 11.8 Å². The van der Waals surface area contributed by atoms with E-state index >= 15 is 0 Å². The molecule has 0 bridgehead atoms. The maximum atomic E-state index is 11.2. The highest BCUT2D eigenvalue weighted by Crippen LogP contribution is 2.30. The van der Waals surface area contributed by atoms with Crippen molar-refractivity contribution in [3.05, 3.63) is 23.3 Å². The number of benzene rings is 1. The second kappa shape index (κ2) is 4.09. The molecule has 0 aromatic heterocycles. The van der Waals surface area contributed by atoms with Gasteiger partial charge in [0.15, 0.2) is 0 Å². The minimum Gasteiger partial charge on any atom is -0.508 e. The van der Waals surface area contributed by atoms with E-state index in [0.717, 1.165) is 0 Å². The molecule has 0 saturated heterocycles. The number of hydrogen-bond acceptors (Lipinski definition) is 4. The van der Waals surface area contributed by atoms with Crippen molar-refractivity contribution < 1.29 is 13.5 Å². The first-order valence-electron chi connectivity index (χ1n) is 4.11.